The summed E-state index contributed by atoms with van der Waals surface area (Å²) in [5.74, 6) is 0. The van der Waals surface area contributed by atoms with Crippen LogP contribution in [0.25, 0.3) is 82.8 Å². The third-order valence-corrected chi connectivity index (χ3v) is 14.7. The molecule has 0 aliphatic heterocycles. The van der Waals surface area contributed by atoms with E-state index in [-0.39, 0.29) is 0 Å². The lowest BCUT2D eigenvalue weighted by Crippen LogP contribution is -2.29. The Balaban J connectivity index is 0.984. The second-order valence-corrected chi connectivity index (χ2v) is 18.4. The lowest BCUT2D eigenvalue weighted by Gasteiger charge is -2.34. The number of hydrogen-bond acceptors (Lipinski definition) is 2. The number of anilines is 3. The molecule has 2 heterocycles. The summed E-state index contributed by atoms with van der Waals surface area (Å²) in [4.78, 5) is 2.39. The molecular weight excluding hydrogens is 849 g/mol. The van der Waals surface area contributed by atoms with E-state index < -0.39 is 5.41 Å². The molecule has 13 aromatic rings. The monoisotopic (exact) mass is 892 g/mol. The van der Waals surface area contributed by atoms with Gasteiger partial charge < -0.3 is 13.9 Å². The van der Waals surface area contributed by atoms with Gasteiger partial charge in [0.05, 0.1) is 16.4 Å². The second kappa shape index (κ2) is 16.0. The van der Waals surface area contributed by atoms with E-state index in [4.69, 9.17) is 4.42 Å². The Hall–Kier alpha value is -9.18. The van der Waals surface area contributed by atoms with Crippen LogP contribution in [0.4, 0.5) is 17.1 Å². The Bertz CT molecular complexity index is 4050. The molecule has 0 atom stereocenters. The van der Waals surface area contributed by atoms with Crippen LogP contribution in [0.5, 0.6) is 0 Å². The molecule has 2 aromatic heterocycles. The van der Waals surface area contributed by atoms with Crippen molar-refractivity contribution in [2.24, 2.45) is 0 Å². The number of furan rings is 1. The second-order valence-electron chi connectivity index (χ2n) is 18.4. The average molecular weight is 893 g/mol. The van der Waals surface area contributed by atoms with E-state index in [1.165, 1.54) is 60.8 Å². The molecule has 1 aliphatic rings. The lowest BCUT2D eigenvalue weighted by molar-refractivity contribution is 0.669. The zero-order valence-corrected chi connectivity index (χ0v) is 38.2. The molecule has 14 rings (SSSR count). The fourth-order valence-electron chi connectivity index (χ4n) is 11.6. The van der Waals surface area contributed by atoms with Crippen LogP contribution >= 0.6 is 0 Å². The van der Waals surface area contributed by atoms with Crippen molar-refractivity contribution in [2.45, 2.75) is 5.41 Å². The topological polar surface area (TPSA) is 21.3 Å². The molecule has 0 radical (unpaired) electrons. The van der Waals surface area contributed by atoms with Gasteiger partial charge in [0, 0.05) is 44.3 Å². The SMILES string of the molecule is c1ccc(-c2ccc(N(c3ccc(-c4ccc5c(c4)oc4ccccc45)cc3)c3ccc4c(c3)c3cccc(C5(c6ccccc6)c6ccccc6-c6ccccc65)c3n4-c3ccccc3)cc2)cc1. The molecule has 0 fully saturated rings. The zero-order chi connectivity index (χ0) is 46.2. The summed E-state index contributed by atoms with van der Waals surface area (Å²) in [6.45, 7) is 0. The number of aromatic nitrogens is 1. The Morgan fingerprint density at radius 1 is 0.329 bits per heavy atom. The van der Waals surface area contributed by atoms with Crippen molar-refractivity contribution < 1.29 is 4.42 Å². The van der Waals surface area contributed by atoms with Crippen molar-refractivity contribution >= 4 is 60.8 Å². The number of rotatable bonds is 8. The summed E-state index contributed by atoms with van der Waals surface area (Å²) < 4.78 is 8.82. The zero-order valence-electron chi connectivity index (χ0n) is 38.2. The van der Waals surface area contributed by atoms with E-state index in [1.807, 2.05) is 12.1 Å². The van der Waals surface area contributed by atoms with Gasteiger partial charge >= 0.3 is 0 Å². The van der Waals surface area contributed by atoms with Gasteiger partial charge in [-0.05, 0) is 128 Å². The molecule has 0 bridgehead atoms. The van der Waals surface area contributed by atoms with E-state index in [9.17, 15) is 0 Å². The molecule has 0 N–H and O–H groups in total. The summed E-state index contributed by atoms with van der Waals surface area (Å²) in [5.41, 5.74) is 20.2. The number of hydrogen-bond donors (Lipinski definition) is 0. The highest BCUT2D eigenvalue weighted by molar-refractivity contribution is 6.13. The van der Waals surface area contributed by atoms with Gasteiger partial charge in [-0.25, -0.2) is 0 Å². The maximum Gasteiger partial charge on any atom is 0.136 e. The Labute approximate surface area is 406 Å². The lowest BCUT2D eigenvalue weighted by atomic mass is 9.67. The third-order valence-electron chi connectivity index (χ3n) is 14.7. The Morgan fingerprint density at radius 3 is 1.54 bits per heavy atom. The minimum absolute atomic E-state index is 0.582. The first kappa shape index (κ1) is 39.9. The highest BCUT2D eigenvalue weighted by Gasteiger charge is 2.47. The number of benzene rings is 11. The smallest absolute Gasteiger partial charge is 0.136 e. The molecular formula is C67H44N2O. The van der Waals surface area contributed by atoms with Crippen LogP contribution in [0.3, 0.4) is 0 Å². The fraction of sp³-hybridized carbons (Fsp3) is 0.0149. The summed E-state index contributed by atoms with van der Waals surface area (Å²) >= 11 is 0. The van der Waals surface area contributed by atoms with Crippen molar-refractivity contribution in [3.05, 3.63) is 289 Å². The summed E-state index contributed by atoms with van der Waals surface area (Å²) in [6, 6.07) is 97.4. The van der Waals surface area contributed by atoms with Crippen LogP contribution in [0.15, 0.2) is 271 Å². The van der Waals surface area contributed by atoms with Crippen LogP contribution in [-0.2, 0) is 5.41 Å². The Kier molecular flexibility index (Phi) is 9.11. The maximum atomic E-state index is 6.31. The normalized spacial score (nSPS) is 12.7. The average Bonchev–Trinajstić information content (AvgIpc) is 4.08. The first-order chi connectivity index (χ1) is 34.7. The predicted octanol–water partition coefficient (Wildman–Crippen LogP) is 17.8. The maximum absolute atomic E-state index is 6.31. The summed E-state index contributed by atoms with van der Waals surface area (Å²) in [6.07, 6.45) is 0. The van der Waals surface area contributed by atoms with Crippen LogP contribution in [0.2, 0.25) is 0 Å². The third kappa shape index (κ3) is 6.08. The van der Waals surface area contributed by atoms with Crippen LogP contribution in [0, 0.1) is 0 Å². The molecule has 3 heteroatoms. The van der Waals surface area contributed by atoms with Gasteiger partial charge in [0.1, 0.15) is 11.2 Å². The van der Waals surface area contributed by atoms with Crippen LogP contribution < -0.4 is 4.90 Å². The van der Waals surface area contributed by atoms with Gasteiger partial charge in [-0.1, -0.05) is 194 Å². The first-order valence-corrected chi connectivity index (χ1v) is 24.1. The largest absolute Gasteiger partial charge is 0.456 e. The van der Waals surface area contributed by atoms with E-state index in [0.29, 0.717) is 0 Å². The first-order valence-electron chi connectivity index (χ1n) is 24.1. The molecule has 0 spiro atoms. The van der Waals surface area contributed by atoms with Crippen molar-refractivity contribution in [1.82, 2.24) is 4.57 Å². The Morgan fingerprint density at radius 2 is 0.843 bits per heavy atom. The number of fused-ring (bicyclic) bond motifs is 9. The van der Waals surface area contributed by atoms with E-state index in [2.05, 4.69) is 264 Å². The molecule has 328 valence electrons. The van der Waals surface area contributed by atoms with Crippen molar-refractivity contribution in [2.75, 3.05) is 4.90 Å². The van der Waals surface area contributed by atoms with Gasteiger partial charge in [-0.15, -0.1) is 0 Å². The van der Waals surface area contributed by atoms with E-state index >= 15 is 0 Å². The van der Waals surface area contributed by atoms with Crippen molar-refractivity contribution in [3.63, 3.8) is 0 Å². The molecule has 3 nitrogen and oxygen atoms in total. The summed E-state index contributed by atoms with van der Waals surface area (Å²) in [5, 5.41) is 4.65. The number of nitrogens with zero attached hydrogens (tertiary/aromatic N) is 2. The molecule has 1 aliphatic carbocycles. The van der Waals surface area contributed by atoms with Crippen molar-refractivity contribution in [3.8, 4) is 39.1 Å². The minimum Gasteiger partial charge on any atom is -0.456 e. The van der Waals surface area contributed by atoms with Gasteiger partial charge in [0.25, 0.3) is 0 Å². The quantitative estimate of drug-likeness (QED) is 0.152. The molecule has 0 saturated carbocycles. The molecule has 0 saturated heterocycles. The summed E-state index contributed by atoms with van der Waals surface area (Å²) in [7, 11) is 0. The molecule has 70 heavy (non-hydrogen) atoms. The molecule has 0 unspecified atom stereocenters. The van der Waals surface area contributed by atoms with Gasteiger partial charge in [0.15, 0.2) is 0 Å². The molecule has 0 amide bonds. The fourth-order valence-corrected chi connectivity index (χ4v) is 11.6. The van der Waals surface area contributed by atoms with Crippen LogP contribution in [-0.4, -0.2) is 4.57 Å². The highest BCUT2D eigenvalue weighted by atomic mass is 16.3. The van der Waals surface area contributed by atoms with E-state index in [1.54, 1.807) is 0 Å². The van der Waals surface area contributed by atoms with Crippen molar-refractivity contribution in [1.29, 1.82) is 0 Å². The predicted molar refractivity (Wildman–Crippen MR) is 291 cm³/mol. The van der Waals surface area contributed by atoms with Gasteiger partial charge in [-0.3, -0.25) is 0 Å². The van der Waals surface area contributed by atoms with Gasteiger partial charge in [0.2, 0.25) is 0 Å². The van der Waals surface area contributed by atoms with Crippen LogP contribution in [0.1, 0.15) is 22.3 Å². The molecule has 11 aromatic carbocycles. The minimum atomic E-state index is -0.582. The number of para-hydroxylation sites is 3. The van der Waals surface area contributed by atoms with E-state index in [0.717, 1.165) is 61.3 Å². The van der Waals surface area contributed by atoms with Gasteiger partial charge in [-0.2, -0.15) is 0 Å². The standard InChI is InChI=1S/C67H44N2O/c1-4-17-45(18-5-1)46-31-36-51(37-32-46)68(52-38-33-47(34-39-52)48-35-41-57-56-25-12-15-30-64(56)70-65(57)43-48)53-40-42-63-59(44-53)58-26-16-29-62(66(58)69(63)50-21-8-3-9-22-50)67(49-19-6-2-7-20-49)60-27-13-10-23-54(60)55-24-11-14-28-61(55)67/h1-44H. The highest BCUT2D eigenvalue weighted by Crippen LogP contribution is 2.58.